The van der Waals surface area contributed by atoms with Crippen molar-refractivity contribution in [1.82, 2.24) is 0 Å². The first-order valence-electron chi connectivity index (χ1n) is 9.17. The Kier molecular flexibility index (Phi) is 12.2. The molecule has 2 N–H and O–H groups in total. The van der Waals surface area contributed by atoms with Crippen LogP contribution in [0.4, 0.5) is 0 Å². The van der Waals surface area contributed by atoms with Gasteiger partial charge in [-0.3, -0.25) is 0 Å². The fourth-order valence-corrected chi connectivity index (χ4v) is 3.11. The van der Waals surface area contributed by atoms with Gasteiger partial charge in [-0.15, -0.1) is 0 Å². The van der Waals surface area contributed by atoms with Crippen molar-refractivity contribution < 1.29 is 14.3 Å². The van der Waals surface area contributed by atoms with Gasteiger partial charge in [-0.1, -0.05) is 83.3 Å². The van der Waals surface area contributed by atoms with Crippen molar-refractivity contribution in [2.75, 3.05) is 0 Å². The summed E-state index contributed by atoms with van der Waals surface area (Å²) in [5.74, 6) is 0.517. The molecule has 0 saturated carbocycles. The Morgan fingerprint density at radius 3 is 1.70 bits per heavy atom. The highest BCUT2D eigenvalue weighted by Gasteiger charge is 2.02. The largest absolute Gasteiger partial charge is 0.427 e. The van der Waals surface area contributed by atoms with Crippen molar-refractivity contribution in [1.29, 1.82) is 0 Å². The number of hydrogen-bond acceptors (Lipinski definition) is 3. The van der Waals surface area contributed by atoms with Gasteiger partial charge in [0.1, 0.15) is 5.75 Å². The van der Waals surface area contributed by atoms with Gasteiger partial charge in [0.15, 0.2) is 0 Å². The normalized spacial score (nSPS) is 11.1. The smallest absolute Gasteiger partial charge is 0.391 e. The lowest BCUT2D eigenvalue weighted by Gasteiger charge is -2.06. The van der Waals surface area contributed by atoms with Crippen molar-refractivity contribution in [2.24, 2.45) is 0 Å². The molecule has 0 heterocycles. The van der Waals surface area contributed by atoms with E-state index in [2.05, 4.69) is 6.92 Å². The van der Waals surface area contributed by atoms with Crippen LogP contribution in [-0.4, -0.2) is 9.79 Å². The fourth-order valence-electron chi connectivity index (χ4n) is 2.80. The molecule has 0 atom stereocenters. The minimum atomic E-state index is -2.31. The SMILES string of the molecule is CCCCCCCCCCCCCc1ccc(OP(O)O)cc1. The average molecular weight is 340 g/mol. The molecule has 1 aromatic carbocycles. The van der Waals surface area contributed by atoms with Crippen molar-refractivity contribution in [3.05, 3.63) is 29.8 Å². The van der Waals surface area contributed by atoms with Crippen molar-refractivity contribution >= 4 is 8.60 Å². The molecule has 0 aliphatic rings. The van der Waals surface area contributed by atoms with Gasteiger partial charge in [-0.05, 0) is 30.5 Å². The van der Waals surface area contributed by atoms with Gasteiger partial charge >= 0.3 is 8.60 Å². The zero-order valence-corrected chi connectivity index (χ0v) is 15.4. The minimum Gasteiger partial charge on any atom is -0.427 e. The van der Waals surface area contributed by atoms with Crippen LogP contribution in [0.3, 0.4) is 0 Å². The Bertz CT molecular complexity index is 379. The molecule has 0 amide bonds. The molecule has 0 saturated heterocycles. The van der Waals surface area contributed by atoms with Crippen LogP contribution in [0.5, 0.6) is 5.75 Å². The first-order chi connectivity index (χ1) is 11.2. The molecule has 0 aromatic heterocycles. The van der Waals surface area contributed by atoms with Gasteiger partial charge in [0.2, 0.25) is 0 Å². The summed E-state index contributed by atoms with van der Waals surface area (Å²) in [7, 11) is -2.31. The lowest BCUT2D eigenvalue weighted by Crippen LogP contribution is -1.88. The van der Waals surface area contributed by atoms with Gasteiger partial charge in [-0.2, -0.15) is 0 Å². The Morgan fingerprint density at radius 1 is 0.739 bits per heavy atom. The Hall–Kier alpha value is -0.630. The van der Waals surface area contributed by atoms with Gasteiger partial charge in [0, 0.05) is 0 Å². The third kappa shape index (κ3) is 11.5. The zero-order chi connectivity index (χ0) is 16.8. The van der Waals surface area contributed by atoms with E-state index in [1.165, 1.54) is 76.2 Å². The summed E-state index contributed by atoms with van der Waals surface area (Å²) in [6.07, 6.45) is 16.1. The van der Waals surface area contributed by atoms with E-state index in [9.17, 15) is 0 Å². The molecule has 1 aromatic rings. The summed E-state index contributed by atoms with van der Waals surface area (Å²) in [5, 5.41) is 0. The molecule has 3 nitrogen and oxygen atoms in total. The van der Waals surface area contributed by atoms with Gasteiger partial charge in [0.25, 0.3) is 0 Å². The maximum atomic E-state index is 8.79. The molecular formula is C19H33O3P. The van der Waals surface area contributed by atoms with E-state index < -0.39 is 8.60 Å². The Morgan fingerprint density at radius 2 is 1.22 bits per heavy atom. The number of benzene rings is 1. The third-order valence-electron chi connectivity index (χ3n) is 4.18. The summed E-state index contributed by atoms with van der Waals surface area (Å²) in [6, 6.07) is 7.61. The molecule has 0 unspecified atom stereocenters. The second kappa shape index (κ2) is 13.8. The van der Waals surface area contributed by atoms with E-state index in [1.807, 2.05) is 12.1 Å². The third-order valence-corrected chi connectivity index (χ3v) is 4.55. The maximum Gasteiger partial charge on any atom is 0.391 e. The van der Waals surface area contributed by atoms with Gasteiger partial charge < -0.3 is 14.3 Å². The molecule has 0 fully saturated rings. The van der Waals surface area contributed by atoms with E-state index in [-0.39, 0.29) is 0 Å². The number of hydrogen-bond donors (Lipinski definition) is 2. The van der Waals surface area contributed by atoms with E-state index in [4.69, 9.17) is 14.3 Å². The molecule has 132 valence electrons. The highest BCUT2D eigenvalue weighted by Crippen LogP contribution is 2.28. The molecule has 23 heavy (non-hydrogen) atoms. The van der Waals surface area contributed by atoms with E-state index >= 15 is 0 Å². The number of unbranched alkanes of at least 4 members (excludes halogenated alkanes) is 10. The van der Waals surface area contributed by atoms with Gasteiger partial charge in [-0.25, -0.2) is 0 Å². The predicted molar refractivity (Wildman–Crippen MR) is 98.6 cm³/mol. The maximum absolute atomic E-state index is 8.79. The lowest BCUT2D eigenvalue weighted by atomic mass is 10.0. The molecule has 0 bridgehead atoms. The monoisotopic (exact) mass is 340 g/mol. The van der Waals surface area contributed by atoms with Crippen LogP contribution in [0.15, 0.2) is 24.3 Å². The van der Waals surface area contributed by atoms with E-state index in [0.29, 0.717) is 5.75 Å². The number of rotatable bonds is 14. The summed E-state index contributed by atoms with van der Waals surface area (Å²) in [5.41, 5.74) is 1.29. The quantitative estimate of drug-likeness (QED) is 0.316. The van der Waals surface area contributed by atoms with E-state index in [0.717, 1.165) is 6.42 Å². The fraction of sp³-hybridized carbons (Fsp3) is 0.684. The molecule has 0 aliphatic heterocycles. The summed E-state index contributed by atoms with van der Waals surface area (Å²) in [4.78, 5) is 17.6. The van der Waals surface area contributed by atoms with Crippen LogP contribution in [0, 0.1) is 0 Å². The number of aryl methyl sites for hydroxylation is 1. The van der Waals surface area contributed by atoms with Crippen molar-refractivity contribution in [3.63, 3.8) is 0 Å². The second-order valence-corrected chi connectivity index (χ2v) is 6.96. The molecule has 0 radical (unpaired) electrons. The molecule has 0 aliphatic carbocycles. The van der Waals surface area contributed by atoms with Crippen LogP contribution in [0.2, 0.25) is 0 Å². The summed E-state index contributed by atoms with van der Waals surface area (Å²) in [6.45, 7) is 2.27. The molecular weight excluding hydrogens is 307 g/mol. The molecule has 4 heteroatoms. The Balaban J connectivity index is 1.94. The molecule has 1 rings (SSSR count). The summed E-state index contributed by atoms with van der Waals surface area (Å²) >= 11 is 0. The molecule has 0 spiro atoms. The predicted octanol–water partition coefficient (Wildman–Crippen LogP) is 6.13. The zero-order valence-electron chi connectivity index (χ0n) is 14.5. The first kappa shape index (κ1) is 20.4. The average Bonchev–Trinajstić information content (AvgIpc) is 2.53. The van der Waals surface area contributed by atoms with Crippen LogP contribution in [0.25, 0.3) is 0 Å². The second-order valence-electron chi connectivity index (χ2n) is 6.27. The Labute approximate surface area is 143 Å². The highest BCUT2D eigenvalue weighted by atomic mass is 31.2. The van der Waals surface area contributed by atoms with Crippen LogP contribution < -0.4 is 4.52 Å². The van der Waals surface area contributed by atoms with Gasteiger partial charge in [0.05, 0.1) is 0 Å². The summed E-state index contributed by atoms with van der Waals surface area (Å²) < 4.78 is 4.86. The topological polar surface area (TPSA) is 49.7 Å². The lowest BCUT2D eigenvalue weighted by molar-refractivity contribution is 0.375. The first-order valence-corrected chi connectivity index (χ1v) is 10.3. The minimum absolute atomic E-state index is 0.517. The van der Waals surface area contributed by atoms with E-state index in [1.54, 1.807) is 12.1 Å². The van der Waals surface area contributed by atoms with Crippen molar-refractivity contribution in [2.45, 2.75) is 84.0 Å². The van der Waals surface area contributed by atoms with Crippen LogP contribution in [0.1, 0.15) is 83.1 Å². The standard InChI is InChI=1S/C19H33O3P/c1-2-3-4-5-6-7-8-9-10-11-12-13-18-14-16-19(17-15-18)22-23(20)21/h14-17,20-21H,2-13H2,1H3. The van der Waals surface area contributed by atoms with Crippen LogP contribution in [-0.2, 0) is 6.42 Å². The van der Waals surface area contributed by atoms with Crippen molar-refractivity contribution in [3.8, 4) is 5.75 Å². The highest BCUT2D eigenvalue weighted by molar-refractivity contribution is 7.39. The van der Waals surface area contributed by atoms with Crippen LogP contribution >= 0.6 is 8.60 Å².